The van der Waals surface area contributed by atoms with Crippen LogP contribution in [0.3, 0.4) is 0 Å². The van der Waals surface area contributed by atoms with Crippen molar-refractivity contribution in [2.24, 2.45) is 0 Å². The highest BCUT2D eigenvalue weighted by atomic mass is 79.9. The van der Waals surface area contributed by atoms with Gasteiger partial charge in [-0.05, 0) is 35.9 Å². The van der Waals surface area contributed by atoms with Gasteiger partial charge in [-0.1, -0.05) is 27.5 Å². The predicted octanol–water partition coefficient (Wildman–Crippen LogP) is 3.99. The molecule has 0 saturated carbocycles. The maximum Gasteiger partial charge on any atom is 0.341 e. The summed E-state index contributed by atoms with van der Waals surface area (Å²) in [5.41, 5.74) is 0.578. The minimum Gasteiger partial charge on any atom is -0.457 e. The summed E-state index contributed by atoms with van der Waals surface area (Å²) in [6, 6.07) is 7.38. The van der Waals surface area contributed by atoms with Gasteiger partial charge in [-0.25, -0.2) is 14.2 Å². The Morgan fingerprint density at radius 2 is 2.16 bits per heavy atom. The van der Waals surface area contributed by atoms with E-state index >= 15 is 0 Å². The molecule has 0 amide bonds. The predicted molar refractivity (Wildman–Crippen MR) is 72.5 cm³/mol. The minimum atomic E-state index is -0.724. The van der Waals surface area contributed by atoms with Gasteiger partial charge in [-0.15, -0.1) is 0 Å². The number of esters is 1. The Kier molecular flexibility index (Phi) is 4.50. The second-order valence-corrected chi connectivity index (χ2v) is 4.99. The number of hydrogen-bond donors (Lipinski definition) is 0. The van der Waals surface area contributed by atoms with Crippen LogP contribution in [0.5, 0.6) is 0 Å². The third kappa shape index (κ3) is 3.75. The number of nitrogens with zero attached hydrogens (tertiary/aromatic N) is 1. The molecule has 2 aromatic rings. The van der Waals surface area contributed by atoms with Gasteiger partial charge in [0.2, 0.25) is 0 Å². The normalized spacial score (nSPS) is 10.3. The standard InChI is InChI=1S/C13H8BrClFNO2/c14-9-1-2-10(11(16)6-9)13(18)19-7-8-3-4-17-12(15)5-8/h1-6H,7H2. The number of ether oxygens (including phenoxy) is 1. The van der Waals surface area contributed by atoms with Crippen LogP contribution < -0.4 is 0 Å². The van der Waals surface area contributed by atoms with Crippen LogP contribution in [0.2, 0.25) is 5.15 Å². The second-order valence-electron chi connectivity index (χ2n) is 3.69. The molecule has 19 heavy (non-hydrogen) atoms. The van der Waals surface area contributed by atoms with Crippen LogP contribution in [0, 0.1) is 5.82 Å². The molecule has 3 nitrogen and oxygen atoms in total. The molecule has 2 rings (SSSR count). The SMILES string of the molecule is O=C(OCc1ccnc(Cl)c1)c1ccc(Br)cc1F. The molecule has 0 spiro atoms. The molecular formula is C13H8BrClFNO2. The lowest BCUT2D eigenvalue weighted by Crippen LogP contribution is -2.07. The fourth-order valence-corrected chi connectivity index (χ4v) is 1.94. The van der Waals surface area contributed by atoms with Gasteiger partial charge in [-0.2, -0.15) is 0 Å². The fourth-order valence-electron chi connectivity index (χ4n) is 1.41. The quantitative estimate of drug-likeness (QED) is 0.624. The van der Waals surface area contributed by atoms with Crippen molar-refractivity contribution in [3.8, 4) is 0 Å². The maximum atomic E-state index is 13.5. The number of rotatable bonds is 3. The summed E-state index contributed by atoms with van der Waals surface area (Å²) >= 11 is 8.82. The van der Waals surface area contributed by atoms with E-state index in [1.165, 1.54) is 18.3 Å². The van der Waals surface area contributed by atoms with Gasteiger partial charge in [0.1, 0.15) is 17.6 Å². The molecular weight excluding hydrogens is 337 g/mol. The van der Waals surface area contributed by atoms with E-state index in [1.54, 1.807) is 18.2 Å². The Balaban J connectivity index is 2.05. The zero-order valence-electron chi connectivity index (χ0n) is 9.57. The molecule has 0 saturated heterocycles. The van der Waals surface area contributed by atoms with Crippen LogP contribution in [-0.4, -0.2) is 11.0 Å². The summed E-state index contributed by atoms with van der Waals surface area (Å²) < 4.78 is 19.1. The molecule has 1 heterocycles. The zero-order valence-corrected chi connectivity index (χ0v) is 11.9. The summed E-state index contributed by atoms with van der Waals surface area (Å²) in [6.45, 7) is 0.0105. The fraction of sp³-hybridized carbons (Fsp3) is 0.0769. The van der Waals surface area contributed by atoms with Gasteiger partial charge < -0.3 is 4.74 Å². The number of hydrogen-bond acceptors (Lipinski definition) is 3. The average molecular weight is 345 g/mol. The molecule has 0 aliphatic rings. The lowest BCUT2D eigenvalue weighted by atomic mass is 10.2. The lowest BCUT2D eigenvalue weighted by molar-refractivity contribution is 0.0467. The molecule has 0 atom stereocenters. The van der Waals surface area contributed by atoms with E-state index in [0.29, 0.717) is 15.2 Å². The van der Waals surface area contributed by atoms with Gasteiger partial charge in [0.05, 0.1) is 5.56 Å². The van der Waals surface area contributed by atoms with Crippen LogP contribution >= 0.6 is 27.5 Å². The van der Waals surface area contributed by atoms with E-state index in [2.05, 4.69) is 20.9 Å². The van der Waals surface area contributed by atoms with Gasteiger partial charge in [-0.3, -0.25) is 0 Å². The molecule has 1 aromatic carbocycles. The number of carbonyl (C=O) groups excluding carboxylic acids is 1. The Morgan fingerprint density at radius 1 is 1.37 bits per heavy atom. The zero-order chi connectivity index (χ0) is 13.8. The van der Waals surface area contributed by atoms with Gasteiger partial charge in [0.25, 0.3) is 0 Å². The molecule has 0 bridgehead atoms. The third-order valence-corrected chi connectivity index (χ3v) is 3.01. The third-order valence-electron chi connectivity index (χ3n) is 2.31. The first-order valence-corrected chi connectivity index (χ1v) is 6.46. The molecule has 0 aliphatic carbocycles. The molecule has 0 unspecified atom stereocenters. The van der Waals surface area contributed by atoms with E-state index in [0.717, 1.165) is 0 Å². The van der Waals surface area contributed by atoms with Crippen LogP contribution in [0.4, 0.5) is 4.39 Å². The van der Waals surface area contributed by atoms with Crippen molar-refractivity contribution in [2.45, 2.75) is 6.61 Å². The van der Waals surface area contributed by atoms with Crippen molar-refractivity contribution in [1.29, 1.82) is 0 Å². The van der Waals surface area contributed by atoms with Crippen LogP contribution in [0.15, 0.2) is 41.0 Å². The van der Waals surface area contributed by atoms with E-state index in [4.69, 9.17) is 16.3 Å². The summed E-state index contributed by atoms with van der Waals surface area (Å²) in [7, 11) is 0. The highest BCUT2D eigenvalue weighted by Gasteiger charge is 2.13. The first kappa shape index (κ1) is 14.0. The summed E-state index contributed by atoms with van der Waals surface area (Å²) in [4.78, 5) is 15.5. The maximum absolute atomic E-state index is 13.5. The lowest BCUT2D eigenvalue weighted by Gasteiger charge is -2.06. The molecule has 98 valence electrons. The summed E-state index contributed by atoms with van der Waals surface area (Å²) in [5, 5.41) is 0.309. The first-order chi connectivity index (χ1) is 9.06. The van der Waals surface area contributed by atoms with Crippen molar-refractivity contribution >= 4 is 33.5 Å². The van der Waals surface area contributed by atoms with Crippen molar-refractivity contribution in [1.82, 2.24) is 4.98 Å². The van der Waals surface area contributed by atoms with E-state index in [-0.39, 0.29) is 12.2 Å². The van der Waals surface area contributed by atoms with Crippen LogP contribution in [0.1, 0.15) is 15.9 Å². The van der Waals surface area contributed by atoms with Gasteiger partial charge >= 0.3 is 5.97 Å². The summed E-state index contributed by atoms with van der Waals surface area (Å²) in [5.74, 6) is -1.36. The van der Waals surface area contributed by atoms with Gasteiger partial charge in [0.15, 0.2) is 0 Å². The molecule has 1 aromatic heterocycles. The number of halogens is 3. The second kappa shape index (κ2) is 6.12. The van der Waals surface area contributed by atoms with Gasteiger partial charge in [0, 0.05) is 10.7 Å². The number of pyridine rings is 1. The largest absolute Gasteiger partial charge is 0.457 e. The first-order valence-electron chi connectivity index (χ1n) is 5.29. The number of benzene rings is 1. The minimum absolute atomic E-state index is 0.0105. The average Bonchev–Trinajstić information content (AvgIpc) is 2.36. The van der Waals surface area contributed by atoms with Crippen LogP contribution in [-0.2, 0) is 11.3 Å². The highest BCUT2D eigenvalue weighted by molar-refractivity contribution is 9.10. The topological polar surface area (TPSA) is 39.2 Å². The van der Waals surface area contributed by atoms with Crippen LogP contribution in [0.25, 0.3) is 0 Å². The van der Waals surface area contributed by atoms with E-state index < -0.39 is 11.8 Å². The Bertz CT molecular complexity index is 621. The van der Waals surface area contributed by atoms with E-state index in [9.17, 15) is 9.18 Å². The molecule has 6 heteroatoms. The molecule has 0 fully saturated rings. The van der Waals surface area contributed by atoms with Crippen molar-refractivity contribution < 1.29 is 13.9 Å². The molecule has 0 aliphatic heterocycles. The van der Waals surface area contributed by atoms with Crippen molar-refractivity contribution in [3.63, 3.8) is 0 Å². The highest BCUT2D eigenvalue weighted by Crippen LogP contribution is 2.17. The Labute approximate surface area is 122 Å². The Morgan fingerprint density at radius 3 is 2.84 bits per heavy atom. The number of carbonyl (C=O) groups is 1. The monoisotopic (exact) mass is 343 g/mol. The smallest absolute Gasteiger partial charge is 0.341 e. The molecule has 0 N–H and O–H groups in total. The van der Waals surface area contributed by atoms with Crippen molar-refractivity contribution in [2.75, 3.05) is 0 Å². The number of aromatic nitrogens is 1. The van der Waals surface area contributed by atoms with E-state index in [1.807, 2.05) is 0 Å². The van der Waals surface area contributed by atoms with Crippen molar-refractivity contribution in [3.05, 3.63) is 63.1 Å². The Hall–Kier alpha value is -1.46. The summed E-state index contributed by atoms with van der Waals surface area (Å²) in [6.07, 6.45) is 1.51. The molecule has 0 radical (unpaired) electrons.